The number of hydrogen-bond donors (Lipinski definition) is 1. The van der Waals surface area contributed by atoms with Gasteiger partial charge in [0.05, 0.1) is 7.11 Å². The first kappa shape index (κ1) is 14.6. The number of allylic oxidation sites excluding steroid dienone is 1. The highest BCUT2D eigenvalue weighted by Crippen LogP contribution is 2.28. The molecule has 0 unspecified atom stereocenters. The average molecular weight is 249 g/mol. The molecule has 3 heteroatoms. The number of methoxy groups -OCH3 is 1. The molecule has 0 amide bonds. The highest BCUT2D eigenvalue weighted by Gasteiger charge is 2.05. The molecule has 0 atom stereocenters. The van der Waals surface area contributed by atoms with Crippen LogP contribution in [0.25, 0.3) is 0 Å². The zero-order valence-electron chi connectivity index (χ0n) is 11.7. The van der Waals surface area contributed by atoms with E-state index in [9.17, 15) is 0 Å². The fraction of sp³-hybridized carbons (Fsp3) is 0.467. The molecule has 0 spiro atoms. The van der Waals surface area contributed by atoms with Crippen molar-refractivity contribution in [3.8, 4) is 11.5 Å². The SMILES string of the molecule is C/C=C/COc1cc(CNC(C)C)ccc1OC. The van der Waals surface area contributed by atoms with E-state index in [2.05, 4.69) is 25.2 Å². The Kier molecular flexibility index (Phi) is 6.29. The average Bonchev–Trinajstić information content (AvgIpc) is 2.37. The summed E-state index contributed by atoms with van der Waals surface area (Å²) in [5, 5.41) is 3.38. The van der Waals surface area contributed by atoms with Gasteiger partial charge in [0, 0.05) is 12.6 Å². The van der Waals surface area contributed by atoms with Crippen molar-refractivity contribution < 1.29 is 9.47 Å². The number of hydrogen-bond acceptors (Lipinski definition) is 3. The maximum Gasteiger partial charge on any atom is 0.161 e. The topological polar surface area (TPSA) is 30.5 Å². The molecule has 100 valence electrons. The molecular formula is C15H23NO2. The van der Waals surface area contributed by atoms with Crippen molar-refractivity contribution in [1.82, 2.24) is 5.32 Å². The van der Waals surface area contributed by atoms with Gasteiger partial charge >= 0.3 is 0 Å². The van der Waals surface area contributed by atoms with Gasteiger partial charge < -0.3 is 14.8 Å². The zero-order chi connectivity index (χ0) is 13.4. The molecule has 0 bridgehead atoms. The van der Waals surface area contributed by atoms with Gasteiger partial charge in [0.1, 0.15) is 6.61 Å². The Morgan fingerprint density at radius 2 is 2.06 bits per heavy atom. The summed E-state index contributed by atoms with van der Waals surface area (Å²) in [5.74, 6) is 1.56. The number of ether oxygens (including phenoxy) is 2. The number of benzene rings is 1. The molecule has 1 rings (SSSR count). The van der Waals surface area contributed by atoms with Crippen LogP contribution in [0.2, 0.25) is 0 Å². The van der Waals surface area contributed by atoms with Crippen molar-refractivity contribution in [2.24, 2.45) is 0 Å². The molecule has 0 saturated heterocycles. The van der Waals surface area contributed by atoms with Gasteiger partial charge in [-0.3, -0.25) is 0 Å². The Morgan fingerprint density at radius 3 is 2.67 bits per heavy atom. The lowest BCUT2D eigenvalue weighted by Crippen LogP contribution is -2.21. The Morgan fingerprint density at radius 1 is 1.28 bits per heavy atom. The van der Waals surface area contributed by atoms with Crippen molar-refractivity contribution in [3.05, 3.63) is 35.9 Å². The third-order valence-corrected chi connectivity index (χ3v) is 2.51. The van der Waals surface area contributed by atoms with Crippen LogP contribution in [0.4, 0.5) is 0 Å². The molecule has 0 aromatic heterocycles. The summed E-state index contributed by atoms with van der Waals surface area (Å²) in [6.45, 7) is 7.64. The van der Waals surface area contributed by atoms with Crippen LogP contribution in [0, 0.1) is 0 Å². The van der Waals surface area contributed by atoms with Gasteiger partial charge in [-0.1, -0.05) is 32.1 Å². The lowest BCUT2D eigenvalue weighted by Gasteiger charge is -2.13. The van der Waals surface area contributed by atoms with E-state index in [0.29, 0.717) is 12.6 Å². The van der Waals surface area contributed by atoms with Gasteiger partial charge in [-0.25, -0.2) is 0 Å². The van der Waals surface area contributed by atoms with Crippen LogP contribution in [-0.4, -0.2) is 19.8 Å². The van der Waals surface area contributed by atoms with Crippen LogP contribution in [0.5, 0.6) is 11.5 Å². The second kappa shape index (κ2) is 7.77. The molecule has 3 nitrogen and oxygen atoms in total. The van der Waals surface area contributed by atoms with Gasteiger partial charge in [0.25, 0.3) is 0 Å². The normalized spacial score (nSPS) is 11.2. The lowest BCUT2D eigenvalue weighted by atomic mass is 10.2. The van der Waals surface area contributed by atoms with Gasteiger partial charge in [-0.2, -0.15) is 0 Å². The summed E-state index contributed by atoms with van der Waals surface area (Å²) in [6, 6.07) is 6.50. The fourth-order valence-electron chi connectivity index (χ4n) is 1.50. The molecule has 1 N–H and O–H groups in total. The summed E-state index contributed by atoms with van der Waals surface area (Å²) in [4.78, 5) is 0. The minimum atomic E-state index is 0.472. The van der Waals surface area contributed by atoms with E-state index >= 15 is 0 Å². The quantitative estimate of drug-likeness (QED) is 0.753. The molecule has 18 heavy (non-hydrogen) atoms. The van der Waals surface area contributed by atoms with Crippen LogP contribution >= 0.6 is 0 Å². The summed E-state index contributed by atoms with van der Waals surface area (Å²) in [7, 11) is 1.66. The van der Waals surface area contributed by atoms with Gasteiger partial charge in [-0.05, 0) is 24.6 Å². The summed E-state index contributed by atoms with van der Waals surface area (Å²) < 4.78 is 11.0. The van der Waals surface area contributed by atoms with E-state index in [1.165, 1.54) is 5.56 Å². The van der Waals surface area contributed by atoms with E-state index in [1.807, 2.05) is 31.2 Å². The van der Waals surface area contributed by atoms with Gasteiger partial charge in [-0.15, -0.1) is 0 Å². The van der Waals surface area contributed by atoms with Gasteiger partial charge in [0.15, 0.2) is 11.5 Å². The first-order chi connectivity index (χ1) is 8.67. The predicted octanol–water partition coefficient (Wildman–Crippen LogP) is 3.15. The lowest BCUT2D eigenvalue weighted by molar-refractivity contribution is 0.325. The van der Waals surface area contributed by atoms with Gasteiger partial charge in [0.2, 0.25) is 0 Å². The molecule has 0 heterocycles. The molecule has 0 aliphatic heterocycles. The molecule has 0 aliphatic carbocycles. The monoisotopic (exact) mass is 249 g/mol. The van der Waals surface area contributed by atoms with E-state index in [1.54, 1.807) is 7.11 Å². The molecule has 1 aromatic carbocycles. The Bertz CT molecular complexity index is 386. The van der Waals surface area contributed by atoms with Crippen molar-refractivity contribution in [1.29, 1.82) is 0 Å². The Hall–Kier alpha value is -1.48. The maximum atomic E-state index is 5.68. The first-order valence-electron chi connectivity index (χ1n) is 6.31. The Balaban J connectivity index is 2.74. The van der Waals surface area contributed by atoms with E-state index < -0.39 is 0 Å². The summed E-state index contributed by atoms with van der Waals surface area (Å²) in [6.07, 6.45) is 3.94. The highest BCUT2D eigenvalue weighted by atomic mass is 16.5. The molecule has 0 radical (unpaired) electrons. The Labute approximate surface area is 110 Å². The third kappa shape index (κ3) is 4.80. The second-order valence-corrected chi connectivity index (χ2v) is 4.40. The minimum absolute atomic E-state index is 0.472. The first-order valence-corrected chi connectivity index (χ1v) is 6.31. The fourth-order valence-corrected chi connectivity index (χ4v) is 1.50. The van der Waals surface area contributed by atoms with E-state index in [0.717, 1.165) is 18.0 Å². The second-order valence-electron chi connectivity index (χ2n) is 4.40. The molecular weight excluding hydrogens is 226 g/mol. The number of rotatable bonds is 7. The van der Waals surface area contributed by atoms with Crippen LogP contribution < -0.4 is 14.8 Å². The molecule has 0 saturated carbocycles. The van der Waals surface area contributed by atoms with E-state index in [4.69, 9.17) is 9.47 Å². The van der Waals surface area contributed by atoms with Crippen LogP contribution in [0.15, 0.2) is 30.4 Å². The smallest absolute Gasteiger partial charge is 0.161 e. The van der Waals surface area contributed by atoms with E-state index in [-0.39, 0.29) is 0 Å². The van der Waals surface area contributed by atoms with Crippen LogP contribution in [0.1, 0.15) is 26.3 Å². The van der Waals surface area contributed by atoms with Crippen molar-refractivity contribution in [2.75, 3.05) is 13.7 Å². The predicted molar refractivity (Wildman–Crippen MR) is 75.3 cm³/mol. The summed E-state index contributed by atoms with van der Waals surface area (Å²) in [5.41, 5.74) is 1.19. The van der Waals surface area contributed by atoms with Crippen molar-refractivity contribution in [3.63, 3.8) is 0 Å². The summed E-state index contributed by atoms with van der Waals surface area (Å²) >= 11 is 0. The maximum absolute atomic E-state index is 5.68. The van der Waals surface area contributed by atoms with Crippen molar-refractivity contribution in [2.45, 2.75) is 33.4 Å². The number of nitrogens with one attached hydrogen (secondary N) is 1. The molecule has 0 fully saturated rings. The largest absolute Gasteiger partial charge is 0.493 e. The molecule has 1 aromatic rings. The third-order valence-electron chi connectivity index (χ3n) is 2.51. The van der Waals surface area contributed by atoms with Crippen molar-refractivity contribution >= 4 is 0 Å². The minimum Gasteiger partial charge on any atom is -0.493 e. The standard InChI is InChI=1S/C15H23NO2/c1-5-6-9-18-15-10-13(11-16-12(2)3)7-8-14(15)17-4/h5-8,10,12,16H,9,11H2,1-4H3/b6-5+. The van der Waals surface area contributed by atoms with Crippen LogP contribution in [0.3, 0.4) is 0 Å². The van der Waals surface area contributed by atoms with Crippen LogP contribution in [-0.2, 0) is 6.54 Å². The zero-order valence-corrected chi connectivity index (χ0v) is 11.7. The highest BCUT2D eigenvalue weighted by molar-refractivity contribution is 5.43. The molecule has 0 aliphatic rings.